The Morgan fingerprint density at radius 1 is 0.889 bits per heavy atom. The SMILES string of the molecule is CCOC(=O)CN(CP(=O)(Oc1ccc(Cl)c(C)c1)Oc1ccc(Cl)c(C)c1)Sc1ccc(C)cc1. The first-order chi connectivity index (χ1) is 17.1. The molecule has 0 spiro atoms. The molecule has 0 radical (unpaired) electrons. The van der Waals surface area contributed by atoms with E-state index in [1.165, 1.54) is 11.9 Å². The standard InChI is InChI=1S/C26H28Cl2NO5PS/c1-5-32-26(30)16-29(36-23-10-6-18(2)7-11-23)17-35(31,33-21-8-12-24(27)19(3)14-21)34-22-9-13-25(28)20(4)15-22/h6-15H,5,16-17H2,1-4H3. The fourth-order valence-corrected chi connectivity index (χ4v) is 6.27. The highest BCUT2D eigenvalue weighted by atomic mass is 35.5. The molecule has 0 heterocycles. The molecule has 3 aromatic rings. The highest BCUT2D eigenvalue weighted by Gasteiger charge is 2.33. The van der Waals surface area contributed by atoms with Crippen LogP contribution in [0.15, 0.2) is 65.6 Å². The van der Waals surface area contributed by atoms with Gasteiger partial charge in [0, 0.05) is 14.9 Å². The lowest BCUT2D eigenvalue weighted by Crippen LogP contribution is -2.28. The Labute approximate surface area is 226 Å². The Morgan fingerprint density at radius 3 is 1.89 bits per heavy atom. The van der Waals surface area contributed by atoms with Crippen molar-refractivity contribution < 1.29 is 23.1 Å². The van der Waals surface area contributed by atoms with Crippen molar-refractivity contribution >= 4 is 48.7 Å². The summed E-state index contributed by atoms with van der Waals surface area (Å²) < 4.78 is 32.9. The summed E-state index contributed by atoms with van der Waals surface area (Å²) in [6.45, 7) is 7.48. The van der Waals surface area contributed by atoms with Crippen LogP contribution >= 0.6 is 42.7 Å². The number of hydrogen-bond acceptors (Lipinski definition) is 7. The molecule has 0 saturated heterocycles. The zero-order valence-corrected chi connectivity index (χ0v) is 23.7. The van der Waals surface area contributed by atoms with Crippen molar-refractivity contribution in [2.75, 3.05) is 19.4 Å². The van der Waals surface area contributed by atoms with E-state index in [9.17, 15) is 9.36 Å². The molecule has 0 amide bonds. The van der Waals surface area contributed by atoms with E-state index in [0.29, 0.717) is 21.5 Å². The summed E-state index contributed by atoms with van der Waals surface area (Å²) in [5.74, 6) is 0.220. The molecule has 0 aliphatic heterocycles. The van der Waals surface area contributed by atoms with Gasteiger partial charge in [0.1, 0.15) is 24.3 Å². The summed E-state index contributed by atoms with van der Waals surface area (Å²) in [4.78, 5) is 13.2. The van der Waals surface area contributed by atoms with Crippen LogP contribution in [0.2, 0.25) is 10.0 Å². The van der Waals surface area contributed by atoms with Gasteiger partial charge in [-0.1, -0.05) is 40.9 Å². The number of halogens is 2. The van der Waals surface area contributed by atoms with Gasteiger partial charge in [-0.25, -0.2) is 8.87 Å². The molecule has 0 saturated carbocycles. The van der Waals surface area contributed by atoms with E-state index >= 15 is 0 Å². The van der Waals surface area contributed by atoms with E-state index in [0.717, 1.165) is 21.6 Å². The van der Waals surface area contributed by atoms with Crippen molar-refractivity contribution in [2.24, 2.45) is 0 Å². The van der Waals surface area contributed by atoms with Crippen molar-refractivity contribution in [1.29, 1.82) is 0 Å². The zero-order chi connectivity index (χ0) is 26.3. The fourth-order valence-electron chi connectivity index (χ4n) is 3.15. The average molecular weight is 568 g/mol. The lowest BCUT2D eigenvalue weighted by atomic mass is 10.2. The minimum atomic E-state index is -3.90. The minimum absolute atomic E-state index is 0.123. The topological polar surface area (TPSA) is 65.1 Å². The van der Waals surface area contributed by atoms with E-state index in [-0.39, 0.29) is 19.4 Å². The Hall–Kier alpha value is -2.15. The summed E-state index contributed by atoms with van der Waals surface area (Å²) in [5, 5.41) is 1.12. The zero-order valence-electron chi connectivity index (χ0n) is 20.5. The average Bonchev–Trinajstić information content (AvgIpc) is 2.80. The predicted octanol–water partition coefficient (Wildman–Crippen LogP) is 8.10. The lowest BCUT2D eigenvalue weighted by Gasteiger charge is -2.26. The van der Waals surface area contributed by atoms with Gasteiger partial charge in [-0.05, 0) is 99.3 Å². The molecule has 0 atom stereocenters. The molecule has 0 fully saturated rings. The first kappa shape index (κ1) is 28.4. The van der Waals surface area contributed by atoms with Gasteiger partial charge < -0.3 is 13.8 Å². The molecule has 0 aliphatic rings. The maximum atomic E-state index is 14.2. The maximum absolute atomic E-state index is 14.2. The number of esters is 1. The summed E-state index contributed by atoms with van der Waals surface area (Å²) in [6, 6.07) is 17.7. The third kappa shape index (κ3) is 8.46. The first-order valence-electron chi connectivity index (χ1n) is 11.2. The number of carbonyl (C=O) groups excluding carboxylic acids is 1. The molecule has 6 nitrogen and oxygen atoms in total. The largest absolute Gasteiger partial charge is 0.465 e. The highest BCUT2D eigenvalue weighted by Crippen LogP contribution is 2.51. The lowest BCUT2D eigenvalue weighted by molar-refractivity contribution is -0.143. The Bertz CT molecular complexity index is 1200. The summed E-state index contributed by atoms with van der Waals surface area (Å²) in [7, 11) is -3.90. The summed E-state index contributed by atoms with van der Waals surface area (Å²) >= 11 is 13.6. The molecule has 3 aromatic carbocycles. The van der Waals surface area contributed by atoms with Crippen molar-refractivity contribution in [3.05, 3.63) is 87.4 Å². The van der Waals surface area contributed by atoms with Crippen molar-refractivity contribution in [1.82, 2.24) is 4.31 Å². The second-order valence-corrected chi connectivity index (χ2v) is 12.0. The van der Waals surface area contributed by atoms with Gasteiger partial charge in [-0.3, -0.25) is 4.79 Å². The third-order valence-corrected chi connectivity index (χ3v) is 8.65. The molecule has 10 heteroatoms. The number of nitrogens with zero attached hydrogens (tertiary/aromatic N) is 1. The van der Waals surface area contributed by atoms with E-state index in [4.69, 9.17) is 37.0 Å². The normalized spacial score (nSPS) is 11.4. The Morgan fingerprint density at radius 2 is 1.42 bits per heavy atom. The van der Waals surface area contributed by atoms with E-state index in [1.54, 1.807) is 47.6 Å². The molecule has 0 bridgehead atoms. The smallest absolute Gasteiger partial charge is 0.445 e. The van der Waals surface area contributed by atoms with E-state index in [2.05, 4.69) is 0 Å². The van der Waals surface area contributed by atoms with Crippen LogP contribution in [0.4, 0.5) is 0 Å². The fraction of sp³-hybridized carbons (Fsp3) is 0.269. The Kier molecular flexibility index (Phi) is 10.2. The van der Waals surface area contributed by atoms with Crippen LogP contribution in [0.5, 0.6) is 11.5 Å². The second-order valence-electron chi connectivity index (χ2n) is 8.11. The van der Waals surface area contributed by atoms with Gasteiger partial charge >= 0.3 is 13.6 Å². The quantitative estimate of drug-likeness (QED) is 0.132. The Balaban J connectivity index is 1.94. The first-order valence-corrected chi connectivity index (χ1v) is 14.5. The van der Waals surface area contributed by atoms with Gasteiger partial charge in [0.15, 0.2) is 0 Å². The monoisotopic (exact) mass is 567 g/mol. The molecule has 36 heavy (non-hydrogen) atoms. The maximum Gasteiger partial charge on any atom is 0.445 e. The van der Waals surface area contributed by atoms with Crippen molar-refractivity contribution in [3.63, 3.8) is 0 Å². The van der Waals surface area contributed by atoms with Crippen LogP contribution < -0.4 is 9.05 Å². The van der Waals surface area contributed by atoms with Gasteiger partial charge in [0.05, 0.1) is 6.61 Å². The molecule has 3 rings (SSSR count). The van der Waals surface area contributed by atoms with Crippen LogP contribution in [-0.4, -0.2) is 29.7 Å². The number of aryl methyl sites for hydroxylation is 3. The van der Waals surface area contributed by atoms with Crippen LogP contribution in [0.3, 0.4) is 0 Å². The molecule has 0 aliphatic carbocycles. The van der Waals surface area contributed by atoms with Crippen LogP contribution in [-0.2, 0) is 14.1 Å². The van der Waals surface area contributed by atoms with Crippen molar-refractivity contribution in [3.8, 4) is 11.5 Å². The predicted molar refractivity (Wildman–Crippen MR) is 146 cm³/mol. The number of rotatable bonds is 11. The van der Waals surface area contributed by atoms with Crippen LogP contribution in [0.25, 0.3) is 0 Å². The van der Waals surface area contributed by atoms with Gasteiger partial charge in [-0.2, -0.15) is 0 Å². The highest BCUT2D eigenvalue weighted by molar-refractivity contribution is 7.97. The van der Waals surface area contributed by atoms with Gasteiger partial charge in [0.2, 0.25) is 0 Å². The third-order valence-electron chi connectivity index (χ3n) is 4.95. The molecule has 0 N–H and O–H groups in total. The molecular formula is C26H28Cl2NO5PS. The number of carbonyl (C=O) groups is 1. The van der Waals surface area contributed by atoms with Crippen molar-refractivity contribution in [2.45, 2.75) is 32.6 Å². The molecule has 0 aromatic heterocycles. The molecule has 0 unspecified atom stereocenters. The van der Waals surface area contributed by atoms with Gasteiger partial charge in [0.25, 0.3) is 0 Å². The van der Waals surface area contributed by atoms with E-state index < -0.39 is 13.6 Å². The van der Waals surface area contributed by atoms with E-state index in [1.807, 2.05) is 45.0 Å². The minimum Gasteiger partial charge on any atom is -0.465 e. The molecule has 192 valence electrons. The van der Waals surface area contributed by atoms with Gasteiger partial charge in [-0.15, -0.1) is 0 Å². The second kappa shape index (κ2) is 12.9. The number of hydrogen-bond donors (Lipinski definition) is 0. The van der Waals surface area contributed by atoms with Crippen LogP contribution in [0, 0.1) is 20.8 Å². The summed E-state index contributed by atoms with van der Waals surface area (Å²) in [5.41, 5.74) is 2.63. The van der Waals surface area contributed by atoms with Crippen LogP contribution in [0.1, 0.15) is 23.6 Å². The summed E-state index contributed by atoms with van der Waals surface area (Å²) in [6.07, 6.45) is -0.201. The number of ether oxygens (including phenoxy) is 1. The number of benzene rings is 3. The molecular weight excluding hydrogens is 540 g/mol.